The SMILES string of the molecule is Cc1cccc(C)c1[N-]S(=O)(=O)c1cccc2nsnc12. The number of fused-ring (bicyclic) bond motifs is 1. The lowest BCUT2D eigenvalue weighted by molar-refractivity contribution is 0.604. The minimum atomic E-state index is -3.83. The maximum Gasteiger partial charge on any atom is 0.125 e. The van der Waals surface area contributed by atoms with Crippen LogP contribution in [0.2, 0.25) is 0 Å². The summed E-state index contributed by atoms with van der Waals surface area (Å²) in [5, 5.41) is 0. The summed E-state index contributed by atoms with van der Waals surface area (Å²) >= 11 is 0.990. The van der Waals surface area contributed by atoms with Gasteiger partial charge >= 0.3 is 0 Å². The molecule has 0 saturated carbocycles. The molecule has 3 aromatic rings. The minimum Gasteiger partial charge on any atom is -0.572 e. The lowest BCUT2D eigenvalue weighted by Gasteiger charge is -2.26. The van der Waals surface area contributed by atoms with Crippen molar-refractivity contribution in [2.75, 3.05) is 0 Å². The first-order chi connectivity index (χ1) is 9.99. The number of sulfonamides is 1. The van der Waals surface area contributed by atoms with Gasteiger partial charge in [0.25, 0.3) is 0 Å². The van der Waals surface area contributed by atoms with Crippen LogP contribution < -0.4 is 0 Å². The summed E-state index contributed by atoms with van der Waals surface area (Å²) in [6, 6.07) is 10.4. The monoisotopic (exact) mass is 318 g/mol. The second-order valence-corrected chi connectivity index (χ2v) is 6.80. The standard InChI is InChI=1S/C14H12N3O2S2/c1-9-5-3-6-10(2)13(9)17-21(18,19)12-8-4-7-11-14(12)16-20-15-11/h3-8H,1-2H3/q-1. The second-order valence-electron chi connectivity index (χ2n) is 4.69. The average Bonchev–Trinajstić information content (AvgIpc) is 2.91. The molecule has 1 aromatic heterocycles. The van der Waals surface area contributed by atoms with Crippen LogP contribution in [-0.4, -0.2) is 17.2 Å². The Balaban J connectivity index is 2.11. The lowest BCUT2D eigenvalue weighted by atomic mass is 10.1. The molecular weight excluding hydrogens is 306 g/mol. The first-order valence-electron chi connectivity index (χ1n) is 6.24. The number of aryl methyl sites for hydroxylation is 2. The molecule has 0 N–H and O–H groups in total. The summed E-state index contributed by atoms with van der Waals surface area (Å²) in [6.45, 7) is 3.68. The van der Waals surface area contributed by atoms with Crippen molar-refractivity contribution in [1.82, 2.24) is 8.75 Å². The van der Waals surface area contributed by atoms with Crippen molar-refractivity contribution in [3.05, 3.63) is 52.2 Å². The van der Waals surface area contributed by atoms with Crippen molar-refractivity contribution in [2.24, 2.45) is 0 Å². The van der Waals surface area contributed by atoms with Gasteiger partial charge in [-0.15, -0.1) is 5.69 Å². The summed E-state index contributed by atoms with van der Waals surface area (Å²) in [6.07, 6.45) is 0. The summed E-state index contributed by atoms with van der Waals surface area (Å²) in [7, 11) is -3.83. The van der Waals surface area contributed by atoms with E-state index in [-0.39, 0.29) is 4.90 Å². The Hall–Kier alpha value is -1.99. The van der Waals surface area contributed by atoms with Crippen LogP contribution in [0.15, 0.2) is 41.3 Å². The van der Waals surface area contributed by atoms with Crippen LogP contribution in [0.25, 0.3) is 15.8 Å². The Morgan fingerprint density at radius 2 is 1.67 bits per heavy atom. The Bertz CT molecular complexity index is 897. The molecule has 0 unspecified atom stereocenters. The van der Waals surface area contributed by atoms with Gasteiger partial charge in [0.05, 0.1) is 16.6 Å². The molecule has 0 aliphatic heterocycles. The van der Waals surface area contributed by atoms with E-state index in [9.17, 15) is 8.42 Å². The fourth-order valence-electron chi connectivity index (χ4n) is 2.11. The van der Waals surface area contributed by atoms with E-state index >= 15 is 0 Å². The largest absolute Gasteiger partial charge is 0.572 e. The van der Waals surface area contributed by atoms with Gasteiger partial charge in [0.1, 0.15) is 21.1 Å². The molecular formula is C14H12N3O2S2-. The lowest BCUT2D eigenvalue weighted by Crippen LogP contribution is -2.00. The summed E-state index contributed by atoms with van der Waals surface area (Å²) < 4.78 is 37.3. The van der Waals surface area contributed by atoms with Gasteiger partial charge in [-0.3, -0.25) is 0 Å². The Kier molecular flexibility index (Phi) is 3.38. The van der Waals surface area contributed by atoms with Crippen LogP contribution in [0, 0.1) is 13.8 Å². The molecule has 0 atom stereocenters. The average molecular weight is 318 g/mol. The number of nitrogens with zero attached hydrogens (tertiary/aromatic N) is 3. The van der Waals surface area contributed by atoms with Crippen molar-refractivity contribution in [3.63, 3.8) is 0 Å². The smallest absolute Gasteiger partial charge is 0.125 e. The van der Waals surface area contributed by atoms with Gasteiger partial charge in [-0.2, -0.15) is 8.75 Å². The third-order valence-corrected chi connectivity index (χ3v) is 5.03. The zero-order valence-electron chi connectivity index (χ0n) is 11.4. The molecule has 0 saturated heterocycles. The maximum atomic E-state index is 12.6. The molecule has 0 fully saturated rings. The topological polar surface area (TPSA) is 74.0 Å². The Morgan fingerprint density at radius 3 is 2.38 bits per heavy atom. The third kappa shape index (κ3) is 2.50. The van der Waals surface area contributed by atoms with E-state index in [0.29, 0.717) is 16.7 Å². The number of hydrogen-bond donors (Lipinski definition) is 0. The molecule has 0 spiro atoms. The number of aromatic nitrogens is 2. The van der Waals surface area contributed by atoms with Crippen molar-refractivity contribution < 1.29 is 8.42 Å². The van der Waals surface area contributed by atoms with Crippen molar-refractivity contribution in [3.8, 4) is 0 Å². The zero-order chi connectivity index (χ0) is 15.0. The molecule has 1 heterocycles. The van der Waals surface area contributed by atoms with Gasteiger partial charge in [-0.05, 0) is 26.0 Å². The number of benzene rings is 2. The van der Waals surface area contributed by atoms with E-state index in [0.717, 1.165) is 22.9 Å². The molecule has 0 amide bonds. The van der Waals surface area contributed by atoms with Crippen LogP contribution in [0.1, 0.15) is 11.1 Å². The molecule has 2 aromatic carbocycles. The molecule has 0 aliphatic carbocycles. The van der Waals surface area contributed by atoms with Crippen LogP contribution in [-0.2, 0) is 10.0 Å². The number of rotatable bonds is 3. The first-order valence-corrected chi connectivity index (χ1v) is 8.41. The van der Waals surface area contributed by atoms with Crippen LogP contribution >= 0.6 is 11.7 Å². The fourth-order valence-corrected chi connectivity index (χ4v) is 3.99. The third-order valence-electron chi connectivity index (χ3n) is 3.18. The van der Waals surface area contributed by atoms with Crippen molar-refractivity contribution >= 4 is 38.5 Å². The van der Waals surface area contributed by atoms with E-state index in [1.165, 1.54) is 6.07 Å². The maximum absolute atomic E-state index is 12.6. The quantitative estimate of drug-likeness (QED) is 0.738. The molecule has 5 nitrogen and oxygen atoms in total. The summed E-state index contributed by atoms with van der Waals surface area (Å²) in [4.78, 5) is 0.0939. The summed E-state index contributed by atoms with van der Waals surface area (Å²) in [5.74, 6) is 0. The van der Waals surface area contributed by atoms with E-state index in [2.05, 4.69) is 13.5 Å². The van der Waals surface area contributed by atoms with Crippen LogP contribution in [0.3, 0.4) is 0 Å². The predicted molar refractivity (Wildman–Crippen MR) is 83.5 cm³/mol. The molecule has 21 heavy (non-hydrogen) atoms. The van der Waals surface area contributed by atoms with Crippen LogP contribution in [0.4, 0.5) is 5.69 Å². The van der Waals surface area contributed by atoms with Gasteiger partial charge in [-0.25, -0.2) is 8.42 Å². The highest BCUT2D eigenvalue weighted by Gasteiger charge is 2.13. The normalized spacial score (nSPS) is 11.7. The molecule has 7 heteroatoms. The van der Waals surface area contributed by atoms with Gasteiger partial charge in [0, 0.05) is 0 Å². The second kappa shape index (κ2) is 5.09. The first kappa shape index (κ1) is 14.0. The van der Waals surface area contributed by atoms with Gasteiger partial charge in [0.15, 0.2) is 0 Å². The fraction of sp³-hybridized carbons (Fsp3) is 0.143. The van der Waals surface area contributed by atoms with Gasteiger partial charge in [0.2, 0.25) is 0 Å². The minimum absolute atomic E-state index is 0.0939. The number of hydrogen-bond acceptors (Lipinski definition) is 5. The Morgan fingerprint density at radius 1 is 1.00 bits per heavy atom. The molecule has 0 bridgehead atoms. The van der Waals surface area contributed by atoms with Crippen molar-refractivity contribution in [2.45, 2.75) is 18.7 Å². The summed E-state index contributed by atoms with van der Waals surface area (Å²) in [5.41, 5.74) is 3.07. The predicted octanol–water partition coefficient (Wildman–Crippen LogP) is 3.70. The van der Waals surface area contributed by atoms with Gasteiger partial charge < -0.3 is 4.72 Å². The van der Waals surface area contributed by atoms with Gasteiger partial charge in [-0.1, -0.05) is 35.4 Å². The molecule has 3 rings (SSSR count). The molecule has 108 valence electrons. The van der Waals surface area contributed by atoms with Crippen LogP contribution in [0.5, 0.6) is 0 Å². The highest BCUT2D eigenvalue weighted by Crippen LogP contribution is 2.35. The van der Waals surface area contributed by atoms with E-state index < -0.39 is 10.0 Å². The highest BCUT2D eigenvalue weighted by atomic mass is 32.2. The van der Waals surface area contributed by atoms with E-state index in [1.807, 2.05) is 32.0 Å². The molecule has 0 aliphatic rings. The Labute approximate surface area is 127 Å². The van der Waals surface area contributed by atoms with E-state index in [1.54, 1.807) is 12.1 Å². The van der Waals surface area contributed by atoms with Crippen molar-refractivity contribution in [1.29, 1.82) is 0 Å². The van der Waals surface area contributed by atoms with E-state index in [4.69, 9.17) is 0 Å². The zero-order valence-corrected chi connectivity index (χ0v) is 13.1. The highest BCUT2D eigenvalue weighted by molar-refractivity contribution is 7.94. The molecule has 0 radical (unpaired) electrons.